The van der Waals surface area contributed by atoms with Gasteiger partial charge in [0, 0.05) is 15.1 Å². The second-order valence-corrected chi connectivity index (χ2v) is 5.56. The first kappa shape index (κ1) is 15.4. The van der Waals surface area contributed by atoms with E-state index in [4.69, 9.17) is 17.4 Å². The molecule has 0 fully saturated rings. The Morgan fingerprint density at radius 3 is 2.60 bits per heavy atom. The van der Waals surface area contributed by atoms with E-state index in [1.54, 1.807) is 18.2 Å². The molecule has 1 unspecified atom stereocenters. The molecular weight excluding hydrogens is 350 g/mol. The van der Waals surface area contributed by atoms with E-state index in [2.05, 4.69) is 21.4 Å². The third kappa shape index (κ3) is 3.35. The Balaban J connectivity index is 2.34. The molecule has 1 atom stereocenters. The van der Waals surface area contributed by atoms with Gasteiger partial charge in [-0.15, -0.1) is 0 Å². The van der Waals surface area contributed by atoms with E-state index in [0.29, 0.717) is 22.0 Å². The van der Waals surface area contributed by atoms with Gasteiger partial charge in [0.05, 0.1) is 6.04 Å². The van der Waals surface area contributed by atoms with Gasteiger partial charge in [-0.3, -0.25) is 11.3 Å². The summed E-state index contributed by atoms with van der Waals surface area (Å²) < 4.78 is 27.6. The fourth-order valence-electron chi connectivity index (χ4n) is 2.00. The fourth-order valence-corrected chi connectivity index (χ4v) is 2.86. The molecule has 0 amide bonds. The van der Waals surface area contributed by atoms with Gasteiger partial charge in [0.25, 0.3) is 0 Å². The van der Waals surface area contributed by atoms with Crippen LogP contribution in [0.2, 0.25) is 5.02 Å². The monoisotopic (exact) mass is 360 g/mol. The van der Waals surface area contributed by atoms with Crippen molar-refractivity contribution < 1.29 is 8.78 Å². The highest BCUT2D eigenvalue weighted by Gasteiger charge is 2.19. The summed E-state index contributed by atoms with van der Waals surface area (Å²) in [5.74, 6) is 4.73. The molecule has 106 valence electrons. The Bertz CT molecular complexity index is 602. The molecule has 0 bridgehead atoms. The van der Waals surface area contributed by atoms with Gasteiger partial charge in [-0.1, -0.05) is 39.7 Å². The van der Waals surface area contributed by atoms with Crippen molar-refractivity contribution in [3.63, 3.8) is 0 Å². The van der Waals surface area contributed by atoms with E-state index < -0.39 is 11.9 Å². The molecule has 0 saturated heterocycles. The van der Waals surface area contributed by atoms with Crippen molar-refractivity contribution in [2.45, 2.75) is 12.5 Å². The van der Waals surface area contributed by atoms with E-state index in [9.17, 15) is 8.78 Å². The standard InChI is InChI=1S/C14H12BrClF2N2/c15-10-2-1-3-12(18)14(10)13(20-19)6-8-4-5-9(17)7-11(8)16/h1-5,7,13,20H,6,19H2. The van der Waals surface area contributed by atoms with Gasteiger partial charge in [0.15, 0.2) is 0 Å². The second kappa shape index (κ2) is 6.63. The SMILES string of the molecule is NNC(Cc1ccc(F)cc1Cl)c1c(F)cccc1Br. The average molecular weight is 362 g/mol. The summed E-state index contributed by atoms with van der Waals surface area (Å²) >= 11 is 9.29. The lowest BCUT2D eigenvalue weighted by Crippen LogP contribution is -2.30. The Kier molecular flexibility index (Phi) is 5.10. The summed E-state index contributed by atoms with van der Waals surface area (Å²) in [5.41, 5.74) is 3.67. The first-order valence-electron chi connectivity index (χ1n) is 5.87. The molecule has 3 N–H and O–H groups in total. The molecule has 2 aromatic carbocycles. The van der Waals surface area contributed by atoms with Crippen molar-refractivity contribution in [2.75, 3.05) is 0 Å². The summed E-state index contributed by atoms with van der Waals surface area (Å²) in [4.78, 5) is 0. The predicted molar refractivity (Wildman–Crippen MR) is 79.3 cm³/mol. The molecule has 0 aliphatic rings. The minimum Gasteiger partial charge on any atom is -0.271 e. The maximum Gasteiger partial charge on any atom is 0.129 e. The molecule has 0 aliphatic carbocycles. The summed E-state index contributed by atoms with van der Waals surface area (Å²) in [6.07, 6.45) is 0.342. The van der Waals surface area contributed by atoms with Crippen molar-refractivity contribution in [2.24, 2.45) is 5.84 Å². The van der Waals surface area contributed by atoms with E-state index >= 15 is 0 Å². The molecule has 0 aromatic heterocycles. The van der Waals surface area contributed by atoms with Gasteiger partial charge >= 0.3 is 0 Å². The van der Waals surface area contributed by atoms with Gasteiger partial charge in [-0.2, -0.15) is 0 Å². The van der Waals surface area contributed by atoms with Crippen molar-refractivity contribution in [3.8, 4) is 0 Å². The first-order chi connectivity index (χ1) is 9.52. The number of nitrogens with one attached hydrogen (secondary N) is 1. The minimum absolute atomic E-state index is 0.290. The van der Waals surface area contributed by atoms with E-state index in [0.717, 1.165) is 0 Å². The largest absolute Gasteiger partial charge is 0.271 e. The highest BCUT2D eigenvalue weighted by atomic mass is 79.9. The van der Waals surface area contributed by atoms with Crippen LogP contribution in [-0.2, 0) is 6.42 Å². The molecule has 6 heteroatoms. The van der Waals surface area contributed by atoms with Gasteiger partial charge in [0.2, 0.25) is 0 Å². The quantitative estimate of drug-likeness (QED) is 0.635. The number of rotatable bonds is 4. The van der Waals surface area contributed by atoms with Crippen LogP contribution in [0.4, 0.5) is 8.78 Å². The number of benzene rings is 2. The Morgan fingerprint density at radius 1 is 1.25 bits per heavy atom. The van der Waals surface area contributed by atoms with Crippen LogP contribution >= 0.6 is 27.5 Å². The first-order valence-corrected chi connectivity index (χ1v) is 7.04. The third-order valence-corrected chi connectivity index (χ3v) is 4.03. The zero-order valence-corrected chi connectivity index (χ0v) is 12.7. The van der Waals surface area contributed by atoms with Crippen LogP contribution in [0, 0.1) is 11.6 Å². The molecule has 2 aromatic rings. The highest BCUT2D eigenvalue weighted by molar-refractivity contribution is 9.10. The molecule has 0 saturated carbocycles. The van der Waals surface area contributed by atoms with Crippen LogP contribution < -0.4 is 11.3 Å². The lowest BCUT2D eigenvalue weighted by Gasteiger charge is -2.19. The van der Waals surface area contributed by atoms with Gasteiger partial charge in [-0.05, 0) is 36.2 Å². The number of hydrogen-bond donors (Lipinski definition) is 2. The van der Waals surface area contributed by atoms with Crippen LogP contribution in [0.1, 0.15) is 17.2 Å². The van der Waals surface area contributed by atoms with Crippen LogP contribution in [0.3, 0.4) is 0 Å². The molecule has 0 aliphatic heterocycles. The highest BCUT2D eigenvalue weighted by Crippen LogP contribution is 2.30. The molecule has 0 heterocycles. The van der Waals surface area contributed by atoms with E-state index in [1.807, 2.05) is 0 Å². The summed E-state index contributed by atoms with van der Waals surface area (Å²) in [6.45, 7) is 0. The van der Waals surface area contributed by atoms with Crippen LogP contribution in [0.25, 0.3) is 0 Å². The van der Waals surface area contributed by atoms with E-state index in [-0.39, 0.29) is 10.8 Å². The Morgan fingerprint density at radius 2 is 2.00 bits per heavy atom. The normalized spacial score (nSPS) is 12.4. The van der Waals surface area contributed by atoms with Crippen LogP contribution in [-0.4, -0.2) is 0 Å². The van der Waals surface area contributed by atoms with Crippen molar-refractivity contribution >= 4 is 27.5 Å². The van der Waals surface area contributed by atoms with Gasteiger partial charge < -0.3 is 0 Å². The van der Waals surface area contributed by atoms with Gasteiger partial charge in [0.1, 0.15) is 11.6 Å². The van der Waals surface area contributed by atoms with Gasteiger partial charge in [-0.25, -0.2) is 8.78 Å². The molecule has 20 heavy (non-hydrogen) atoms. The molecule has 0 radical (unpaired) electrons. The van der Waals surface area contributed by atoms with E-state index in [1.165, 1.54) is 18.2 Å². The second-order valence-electron chi connectivity index (χ2n) is 4.29. The maximum absolute atomic E-state index is 13.9. The molecule has 0 spiro atoms. The summed E-state index contributed by atoms with van der Waals surface area (Å²) in [5, 5.41) is 0.290. The predicted octanol–water partition coefficient (Wildman–Crippen LogP) is 4.13. The molecular formula is C14H12BrClF2N2. The fraction of sp³-hybridized carbons (Fsp3) is 0.143. The Hall–Kier alpha value is -1.01. The van der Waals surface area contributed by atoms with Crippen molar-refractivity contribution in [3.05, 3.63) is 68.7 Å². The molecule has 2 nitrogen and oxygen atoms in total. The number of hydrogen-bond acceptors (Lipinski definition) is 2. The number of hydrazine groups is 1. The van der Waals surface area contributed by atoms with Crippen LogP contribution in [0.5, 0.6) is 0 Å². The van der Waals surface area contributed by atoms with Crippen molar-refractivity contribution in [1.82, 2.24) is 5.43 Å². The summed E-state index contributed by atoms with van der Waals surface area (Å²) in [6, 6.07) is 8.31. The molecule has 2 rings (SSSR count). The smallest absolute Gasteiger partial charge is 0.129 e. The summed E-state index contributed by atoms with van der Waals surface area (Å²) in [7, 11) is 0. The zero-order valence-electron chi connectivity index (χ0n) is 10.3. The Labute approximate surface area is 129 Å². The average Bonchev–Trinajstić information content (AvgIpc) is 2.39. The van der Waals surface area contributed by atoms with Crippen molar-refractivity contribution in [1.29, 1.82) is 0 Å². The zero-order chi connectivity index (χ0) is 14.7. The maximum atomic E-state index is 13.9. The number of nitrogens with two attached hydrogens (primary N) is 1. The van der Waals surface area contributed by atoms with Crippen LogP contribution in [0.15, 0.2) is 40.9 Å². The third-order valence-electron chi connectivity index (χ3n) is 2.99. The lowest BCUT2D eigenvalue weighted by molar-refractivity contribution is 0.508. The minimum atomic E-state index is -0.478. The lowest BCUT2D eigenvalue weighted by atomic mass is 9.99. The topological polar surface area (TPSA) is 38.0 Å². The number of halogens is 4.